The van der Waals surface area contributed by atoms with Crippen molar-refractivity contribution in [2.75, 3.05) is 0 Å². The molecular weight excluding hydrogens is 537 g/mol. The van der Waals surface area contributed by atoms with Gasteiger partial charge < -0.3 is 0 Å². The zero-order valence-corrected chi connectivity index (χ0v) is 16.6. The summed E-state index contributed by atoms with van der Waals surface area (Å²) in [7, 11) is 23.5. The molecule has 0 N–H and O–H groups in total. The van der Waals surface area contributed by atoms with E-state index in [0.717, 1.165) is 0 Å². The van der Waals surface area contributed by atoms with Gasteiger partial charge in [-0.2, -0.15) is 0 Å². The van der Waals surface area contributed by atoms with Crippen LogP contribution in [0.1, 0.15) is 0 Å². The molecule has 2 aromatic carbocycles. The number of benzene rings is 2. The average molecular weight is 547 g/mol. The SMILES string of the molecule is [Cl][W]([Cl])([Cl])([Cl])([Cl])([O]c1ccccc1)[O]c1ccccc1. The van der Waals surface area contributed by atoms with Crippen LogP contribution in [0.2, 0.25) is 0 Å². The van der Waals surface area contributed by atoms with Crippen molar-refractivity contribution >= 4 is 47.1 Å². The number of rotatable bonds is 4. The molecule has 0 atom stereocenters. The summed E-state index contributed by atoms with van der Waals surface area (Å²) in [6.07, 6.45) is 0. The first-order valence-electron chi connectivity index (χ1n) is 5.33. The second-order valence-corrected chi connectivity index (χ2v) is 63.0. The third-order valence-corrected chi connectivity index (χ3v) is 11.4. The first-order valence-corrected chi connectivity index (χ1v) is 25.9. The summed E-state index contributed by atoms with van der Waals surface area (Å²) in [4.78, 5) is 0. The van der Waals surface area contributed by atoms with Gasteiger partial charge in [0.15, 0.2) is 0 Å². The molecule has 0 bridgehead atoms. The normalized spacial score (nSPS) is 17.1. The molecule has 2 aromatic rings. The van der Waals surface area contributed by atoms with Crippen LogP contribution >= 0.6 is 47.1 Å². The molecule has 0 spiro atoms. The predicted octanol–water partition coefficient (Wildman–Crippen LogP) is 6.50. The Kier molecular flexibility index (Phi) is 3.42. The second kappa shape index (κ2) is 4.13. The van der Waals surface area contributed by atoms with Crippen molar-refractivity contribution in [3.8, 4) is 11.5 Å². The summed E-state index contributed by atoms with van der Waals surface area (Å²) in [5, 5.41) is 0. The molecule has 0 saturated carbocycles. The Balaban J connectivity index is 2.45. The molecule has 0 aromatic heterocycles. The number of hydrogen-bond donors (Lipinski definition) is 0. The number of para-hydroxylation sites is 2. The average Bonchev–Trinajstić information content (AvgIpc) is 2.27. The van der Waals surface area contributed by atoms with Crippen LogP contribution in [0.25, 0.3) is 0 Å². The van der Waals surface area contributed by atoms with Gasteiger partial charge in [0.05, 0.1) is 0 Å². The first-order chi connectivity index (χ1) is 8.87. The fraction of sp³-hybridized carbons (Fsp3) is 0. The van der Waals surface area contributed by atoms with Gasteiger partial charge in [0.1, 0.15) is 0 Å². The van der Waals surface area contributed by atoms with E-state index in [1.165, 1.54) is 0 Å². The van der Waals surface area contributed by atoms with Crippen LogP contribution in [0.3, 0.4) is 0 Å². The molecule has 2 nitrogen and oxygen atoms in total. The van der Waals surface area contributed by atoms with Gasteiger partial charge in [-0.15, -0.1) is 0 Å². The third kappa shape index (κ3) is 5.18. The molecule has 111 valence electrons. The van der Waals surface area contributed by atoms with E-state index in [1.54, 1.807) is 60.7 Å². The molecule has 0 aliphatic carbocycles. The van der Waals surface area contributed by atoms with Gasteiger partial charge in [-0.25, -0.2) is 0 Å². The van der Waals surface area contributed by atoms with Crippen LogP contribution in [0.4, 0.5) is 0 Å². The van der Waals surface area contributed by atoms with E-state index in [4.69, 9.17) is 53.9 Å². The van der Waals surface area contributed by atoms with Gasteiger partial charge in [-0.05, 0) is 0 Å². The van der Waals surface area contributed by atoms with Crippen LogP contribution in [-0.2, 0) is 7.86 Å². The molecule has 0 radical (unpaired) electrons. The Morgan fingerprint density at radius 1 is 0.550 bits per heavy atom. The van der Waals surface area contributed by atoms with Crippen molar-refractivity contribution in [2.24, 2.45) is 0 Å². The van der Waals surface area contributed by atoms with Crippen molar-refractivity contribution < 1.29 is 14.6 Å². The van der Waals surface area contributed by atoms with E-state index in [9.17, 15) is 0 Å². The molecule has 0 aliphatic heterocycles. The van der Waals surface area contributed by atoms with Gasteiger partial charge in [0, 0.05) is 0 Å². The van der Waals surface area contributed by atoms with Crippen molar-refractivity contribution in [3.63, 3.8) is 0 Å². The second-order valence-electron chi connectivity index (χ2n) is 4.07. The fourth-order valence-electron chi connectivity index (χ4n) is 1.41. The third-order valence-electron chi connectivity index (χ3n) is 2.06. The van der Waals surface area contributed by atoms with Crippen LogP contribution in [0.5, 0.6) is 11.5 Å². The van der Waals surface area contributed by atoms with Crippen LogP contribution < -0.4 is 6.78 Å². The molecular formula is C12H10Cl5O2W. The first kappa shape index (κ1) is 16.5. The summed E-state index contributed by atoms with van der Waals surface area (Å²) in [6, 6.07) is 16.5. The standard InChI is InChI=1S/2C6H6O.5ClH.W/c2*7-6-4-2-1-3-5-6;;;;;;/h2*1-5,7H;5*1H;/q;;;;;;;+7/p-7. The monoisotopic (exact) mass is 545 g/mol. The number of halogens is 5. The Bertz CT molecular complexity index is 583. The summed E-state index contributed by atoms with van der Waals surface area (Å²) in [6.45, 7) is 0. The maximum atomic E-state index is 6.18. The molecule has 2 rings (SSSR count). The molecule has 0 amide bonds. The predicted molar refractivity (Wildman–Crippen MR) is 83.4 cm³/mol. The van der Waals surface area contributed by atoms with Crippen molar-refractivity contribution in [2.45, 2.75) is 0 Å². The van der Waals surface area contributed by atoms with E-state index in [-0.39, 0.29) is 11.5 Å². The van der Waals surface area contributed by atoms with E-state index >= 15 is 0 Å². The quantitative estimate of drug-likeness (QED) is 0.435. The molecule has 0 saturated heterocycles. The topological polar surface area (TPSA) is 18.5 Å². The zero-order valence-electron chi connectivity index (χ0n) is 9.89. The van der Waals surface area contributed by atoms with Gasteiger partial charge in [-0.1, -0.05) is 0 Å². The van der Waals surface area contributed by atoms with Gasteiger partial charge in [-0.3, -0.25) is 0 Å². The van der Waals surface area contributed by atoms with Gasteiger partial charge in [0.2, 0.25) is 0 Å². The van der Waals surface area contributed by atoms with Crippen LogP contribution in [0, 0.1) is 0 Å². The van der Waals surface area contributed by atoms with E-state index in [0.29, 0.717) is 0 Å². The van der Waals surface area contributed by atoms with E-state index in [1.807, 2.05) is 0 Å². The summed E-state index contributed by atoms with van der Waals surface area (Å²) < 4.78 is 10.7. The molecule has 20 heavy (non-hydrogen) atoms. The summed E-state index contributed by atoms with van der Waals surface area (Å²) in [5.74, 6) is 0.379. The molecule has 0 fully saturated rings. The minimum atomic E-state index is -7.37. The Morgan fingerprint density at radius 2 is 0.850 bits per heavy atom. The molecule has 0 heterocycles. The maximum absolute atomic E-state index is 7.37. The number of hydrogen-bond acceptors (Lipinski definition) is 2. The van der Waals surface area contributed by atoms with Gasteiger partial charge in [0.25, 0.3) is 0 Å². The van der Waals surface area contributed by atoms with Crippen LogP contribution in [-0.4, -0.2) is 0 Å². The van der Waals surface area contributed by atoms with Crippen molar-refractivity contribution in [1.29, 1.82) is 0 Å². The Labute approximate surface area is 133 Å². The summed E-state index contributed by atoms with van der Waals surface area (Å²) in [5.41, 5.74) is 0. The van der Waals surface area contributed by atoms with Crippen LogP contribution in [0.15, 0.2) is 60.7 Å². The molecule has 8 heteroatoms. The fourth-order valence-corrected chi connectivity index (χ4v) is 11.5. The Hall–Kier alpha value is 0.178. The van der Waals surface area contributed by atoms with Gasteiger partial charge >= 0.3 is 134 Å². The van der Waals surface area contributed by atoms with E-state index in [2.05, 4.69) is 0 Å². The molecule has 0 aliphatic rings. The zero-order chi connectivity index (χ0) is 15.0. The molecule has 0 unspecified atom stereocenters. The summed E-state index contributed by atoms with van der Waals surface area (Å²) >= 11 is 0. The van der Waals surface area contributed by atoms with Crippen molar-refractivity contribution in [1.82, 2.24) is 0 Å². The Morgan fingerprint density at radius 3 is 1.15 bits per heavy atom. The minimum absolute atomic E-state index is 0.190. The van der Waals surface area contributed by atoms with E-state index < -0.39 is 7.86 Å². The van der Waals surface area contributed by atoms with Crippen molar-refractivity contribution in [3.05, 3.63) is 60.7 Å².